The van der Waals surface area contributed by atoms with E-state index >= 15 is 0 Å². The van der Waals surface area contributed by atoms with E-state index in [-0.39, 0.29) is 5.78 Å². The molecule has 182 valence electrons. The number of ketones is 1. The molecule has 0 fully saturated rings. The molecule has 1 atom stereocenters. The average molecular weight is 473 g/mol. The van der Waals surface area contributed by atoms with Gasteiger partial charge in [-0.2, -0.15) is 0 Å². The van der Waals surface area contributed by atoms with Gasteiger partial charge < -0.3 is 18.9 Å². The molecule has 35 heavy (non-hydrogen) atoms. The summed E-state index contributed by atoms with van der Waals surface area (Å²) in [6.07, 6.45) is 3.12. The SMILES string of the molecule is CCCCC1(c2cc(OC)c(OC)c(OC)c2)CC(C(=O)c2ccccc2)=C(c2ccccc2)O1. The summed E-state index contributed by atoms with van der Waals surface area (Å²) < 4.78 is 23.7. The number of unbranched alkanes of at least 4 members (excludes halogenated alkanes) is 1. The van der Waals surface area contributed by atoms with E-state index in [0.717, 1.165) is 30.4 Å². The Morgan fingerprint density at radius 1 is 0.886 bits per heavy atom. The van der Waals surface area contributed by atoms with E-state index in [1.165, 1.54) is 0 Å². The molecule has 0 saturated heterocycles. The Morgan fingerprint density at radius 3 is 2.03 bits per heavy atom. The standard InChI is InChI=1S/C30H32O5/c1-5-6-17-30(23-18-25(32-2)29(34-4)26(19-23)33-3)20-24(27(31)21-13-9-7-10-14-21)28(35-30)22-15-11-8-12-16-22/h7-16,18-19H,5-6,17,20H2,1-4H3. The number of carbonyl (C=O) groups excluding carboxylic acids is 1. The van der Waals surface area contributed by atoms with Crippen LogP contribution in [0.15, 0.2) is 78.4 Å². The van der Waals surface area contributed by atoms with E-state index in [2.05, 4.69) is 6.92 Å². The number of hydrogen-bond donors (Lipinski definition) is 0. The van der Waals surface area contributed by atoms with Crippen LogP contribution in [0.2, 0.25) is 0 Å². The molecule has 1 aliphatic rings. The first-order chi connectivity index (χ1) is 17.1. The third kappa shape index (κ3) is 4.76. The summed E-state index contributed by atoms with van der Waals surface area (Å²) in [7, 11) is 4.80. The molecule has 1 heterocycles. The fourth-order valence-electron chi connectivity index (χ4n) is 4.68. The van der Waals surface area contributed by atoms with Gasteiger partial charge in [-0.05, 0) is 25.0 Å². The Bertz CT molecular complexity index is 1170. The Balaban J connectivity index is 1.87. The second-order valence-corrected chi connectivity index (χ2v) is 8.66. The van der Waals surface area contributed by atoms with Gasteiger partial charge in [0.2, 0.25) is 5.75 Å². The summed E-state index contributed by atoms with van der Waals surface area (Å²) >= 11 is 0. The number of benzene rings is 3. The summed E-state index contributed by atoms with van der Waals surface area (Å²) in [5.74, 6) is 2.26. The van der Waals surface area contributed by atoms with Crippen molar-refractivity contribution in [3.05, 3.63) is 95.1 Å². The van der Waals surface area contributed by atoms with E-state index in [0.29, 0.717) is 40.6 Å². The van der Waals surface area contributed by atoms with Crippen molar-refractivity contribution in [2.24, 2.45) is 0 Å². The van der Waals surface area contributed by atoms with Gasteiger partial charge in [-0.15, -0.1) is 0 Å². The van der Waals surface area contributed by atoms with Crippen molar-refractivity contribution >= 4 is 11.5 Å². The van der Waals surface area contributed by atoms with Gasteiger partial charge in [0.15, 0.2) is 17.3 Å². The molecule has 0 amide bonds. The van der Waals surface area contributed by atoms with E-state index in [1.54, 1.807) is 21.3 Å². The molecule has 5 heteroatoms. The molecule has 0 aromatic heterocycles. The molecule has 3 aromatic carbocycles. The minimum Gasteiger partial charge on any atom is -0.493 e. The number of hydrogen-bond acceptors (Lipinski definition) is 5. The fraction of sp³-hybridized carbons (Fsp3) is 0.300. The Labute approximate surface area is 207 Å². The van der Waals surface area contributed by atoms with E-state index in [4.69, 9.17) is 18.9 Å². The molecule has 0 N–H and O–H groups in total. The van der Waals surface area contributed by atoms with Crippen LogP contribution in [0.3, 0.4) is 0 Å². The highest BCUT2D eigenvalue weighted by molar-refractivity contribution is 6.13. The predicted octanol–water partition coefficient (Wildman–Crippen LogP) is 6.81. The minimum absolute atomic E-state index is 0.0183. The molecule has 0 saturated carbocycles. The van der Waals surface area contributed by atoms with Crippen molar-refractivity contribution in [2.45, 2.75) is 38.2 Å². The van der Waals surface area contributed by atoms with Gasteiger partial charge in [0.1, 0.15) is 11.4 Å². The number of ether oxygens (including phenoxy) is 4. The van der Waals surface area contributed by atoms with Crippen LogP contribution in [0.1, 0.15) is 54.1 Å². The average Bonchev–Trinajstić information content (AvgIpc) is 3.32. The van der Waals surface area contributed by atoms with Crippen LogP contribution in [0.5, 0.6) is 17.2 Å². The maximum atomic E-state index is 13.8. The minimum atomic E-state index is -0.742. The zero-order chi connectivity index (χ0) is 24.8. The molecule has 0 spiro atoms. The number of rotatable bonds is 10. The fourth-order valence-corrected chi connectivity index (χ4v) is 4.68. The third-order valence-corrected chi connectivity index (χ3v) is 6.50. The van der Waals surface area contributed by atoms with Crippen LogP contribution < -0.4 is 14.2 Å². The van der Waals surface area contributed by atoms with Crippen molar-refractivity contribution < 1.29 is 23.7 Å². The number of carbonyl (C=O) groups is 1. The highest BCUT2D eigenvalue weighted by Gasteiger charge is 2.45. The molecule has 0 radical (unpaired) electrons. The van der Waals surface area contributed by atoms with Crippen LogP contribution in [0.25, 0.3) is 5.76 Å². The summed E-state index contributed by atoms with van der Waals surface area (Å²) in [4.78, 5) is 13.8. The normalized spacial score (nSPS) is 17.1. The topological polar surface area (TPSA) is 54.0 Å². The smallest absolute Gasteiger partial charge is 0.203 e. The highest BCUT2D eigenvalue weighted by Crippen LogP contribution is 2.52. The second kappa shape index (κ2) is 10.7. The lowest BCUT2D eigenvalue weighted by Crippen LogP contribution is -2.26. The Kier molecular flexibility index (Phi) is 7.45. The lowest BCUT2D eigenvalue weighted by Gasteiger charge is -2.32. The molecular formula is C30H32O5. The summed E-state index contributed by atoms with van der Waals surface area (Å²) in [5, 5.41) is 0. The largest absolute Gasteiger partial charge is 0.493 e. The van der Waals surface area contributed by atoms with Crippen LogP contribution in [0, 0.1) is 0 Å². The Hall–Kier alpha value is -3.73. The lowest BCUT2D eigenvalue weighted by molar-refractivity contribution is 0.0441. The highest BCUT2D eigenvalue weighted by atomic mass is 16.5. The molecule has 0 aliphatic carbocycles. The summed E-state index contributed by atoms with van der Waals surface area (Å²) in [5.41, 5.74) is 2.36. The van der Waals surface area contributed by atoms with E-state index in [9.17, 15) is 4.79 Å². The van der Waals surface area contributed by atoms with Crippen molar-refractivity contribution in [1.82, 2.24) is 0 Å². The maximum absolute atomic E-state index is 13.8. The van der Waals surface area contributed by atoms with Crippen LogP contribution in [-0.4, -0.2) is 27.1 Å². The van der Waals surface area contributed by atoms with Crippen LogP contribution >= 0.6 is 0 Å². The molecular weight excluding hydrogens is 440 g/mol. The molecule has 0 bridgehead atoms. The van der Waals surface area contributed by atoms with Crippen LogP contribution in [0.4, 0.5) is 0 Å². The van der Waals surface area contributed by atoms with Gasteiger partial charge in [0.25, 0.3) is 0 Å². The first-order valence-electron chi connectivity index (χ1n) is 11.9. The van der Waals surface area contributed by atoms with Crippen molar-refractivity contribution in [1.29, 1.82) is 0 Å². The third-order valence-electron chi connectivity index (χ3n) is 6.50. The van der Waals surface area contributed by atoms with Gasteiger partial charge in [-0.3, -0.25) is 4.79 Å². The van der Waals surface area contributed by atoms with Gasteiger partial charge >= 0.3 is 0 Å². The van der Waals surface area contributed by atoms with Crippen molar-refractivity contribution in [3.63, 3.8) is 0 Å². The molecule has 3 aromatic rings. The maximum Gasteiger partial charge on any atom is 0.203 e. The molecule has 1 unspecified atom stereocenters. The van der Waals surface area contributed by atoms with E-state index in [1.807, 2.05) is 72.8 Å². The predicted molar refractivity (Wildman–Crippen MR) is 137 cm³/mol. The molecule has 4 rings (SSSR count). The number of methoxy groups -OCH3 is 3. The quantitative estimate of drug-likeness (QED) is 0.303. The Morgan fingerprint density at radius 2 is 1.49 bits per heavy atom. The van der Waals surface area contributed by atoms with Gasteiger partial charge in [-0.1, -0.05) is 74.0 Å². The van der Waals surface area contributed by atoms with Crippen molar-refractivity contribution in [3.8, 4) is 17.2 Å². The van der Waals surface area contributed by atoms with E-state index < -0.39 is 5.60 Å². The molecule has 5 nitrogen and oxygen atoms in total. The monoisotopic (exact) mass is 472 g/mol. The summed E-state index contributed by atoms with van der Waals surface area (Å²) in [6, 6.07) is 23.1. The first-order valence-corrected chi connectivity index (χ1v) is 11.9. The first kappa shape index (κ1) is 24.4. The van der Waals surface area contributed by atoms with Crippen molar-refractivity contribution in [2.75, 3.05) is 21.3 Å². The van der Waals surface area contributed by atoms with Gasteiger partial charge in [0, 0.05) is 28.7 Å². The second-order valence-electron chi connectivity index (χ2n) is 8.66. The number of Topliss-reactive ketones (excluding diaryl/α,β-unsaturated/α-hetero) is 1. The molecule has 1 aliphatic heterocycles. The summed E-state index contributed by atoms with van der Waals surface area (Å²) in [6.45, 7) is 2.15. The van der Waals surface area contributed by atoms with Crippen LogP contribution in [-0.2, 0) is 10.3 Å². The lowest BCUT2D eigenvalue weighted by atomic mass is 9.82. The van der Waals surface area contributed by atoms with Gasteiger partial charge in [0.05, 0.1) is 21.3 Å². The zero-order valence-corrected chi connectivity index (χ0v) is 20.8. The zero-order valence-electron chi connectivity index (χ0n) is 20.8. The van der Waals surface area contributed by atoms with Gasteiger partial charge in [-0.25, -0.2) is 0 Å².